The topological polar surface area (TPSA) is 18.5 Å². The quantitative estimate of drug-likeness (QED) is 0.279. The zero-order chi connectivity index (χ0) is 17.9. The van der Waals surface area contributed by atoms with Crippen LogP contribution < -0.4 is 9.47 Å². The number of hydrogen-bond donors (Lipinski definition) is 0. The number of halogens is 1. The van der Waals surface area contributed by atoms with Gasteiger partial charge in [0.2, 0.25) is 0 Å². The Hall–Kier alpha value is -1.22. The Morgan fingerprint density at radius 3 is 1.92 bits per heavy atom. The molecule has 0 saturated carbocycles. The first kappa shape index (κ1) is 20.1. The average molecular weight is 407 g/mol. The van der Waals surface area contributed by atoms with Crippen molar-refractivity contribution in [2.75, 3.05) is 18.5 Å². The smallest absolute Gasteiger partial charge is 0.127 e. The van der Waals surface area contributed by atoms with E-state index < -0.39 is 0 Å². The summed E-state index contributed by atoms with van der Waals surface area (Å²) in [5.74, 6) is 2.43. The van der Waals surface area contributed by atoms with Gasteiger partial charge in [-0.1, -0.05) is 79.7 Å². The van der Waals surface area contributed by atoms with E-state index in [1.807, 2.05) is 12.1 Å². The summed E-state index contributed by atoms with van der Waals surface area (Å²) in [7, 11) is 0. The summed E-state index contributed by atoms with van der Waals surface area (Å²) in [6.07, 6.45) is 7.61. The summed E-state index contributed by atoms with van der Waals surface area (Å²) in [6.45, 7) is 5.85. The third-order valence-electron chi connectivity index (χ3n) is 4.20. The largest absolute Gasteiger partial charge is 0.493 e. The van der Waals surface area contributed by atoms with E-state index in [1.165, 1.54) is 32.1 Å². The highest BCUT2D eigenvalue weighted by Crippen LogP contribution is 2.33. The molecule has 2 aromatic carbocycles. The zero-order valence-corrected chi connectivity index (χ0v) is 17.2. The van der Waals surface area contributed by atoms with Crippen LogP contribution in [0, 0.1) is 5.92 Å². The lowest BCUT2D eigenvalue weighted by Gasteiger charge is -2.14. The van der Waals surface area contributed by atoms with Gasteiger partial charge < -0.3 is 9.47 Å². The van der Waals surface area contributed by atoms with Gasteiger partial charge in [-0.15, -0.1) is 0 Å². The molecule has 0 radical (unpaired) electrons. The van der Waals surface area contributed by atoms with Gasteiger partial charge in [0.15, 0.2) is 0 Å². The van der Waals surface area contributed by atoms with Crippen molar-refractivity contribution in [1.29, 1.82) is 0 Å². The summed E-state index contributed by atoms with van der Waals surface area (Å²) >= 11 is 3.48. The molecule has 0 fully saturated rings. The molecular formula is C22H31BrO2. The van der Waals surface area contributed by atoms with Gasteiger partial charge in [-0.05, 0) is 30.9 Å². The standard InChI is InChI=1S/C22H31BrO2/c1-18(2)17-25-22-14-13-21(19-11-7-8-12-20(19)22)24-16-10-6-4-3-5-9-15-23/h7-8,11-14,18H,3-6,9-10,15-17H2,1-2H3. The maximum atomic E-state index is 6.06. The highest BCUT2D eigenvalue weighted by molar-refractivity contribution is 9.09. The fourth-order valence-corrected chi connectivity index (χ4v) is 3.23. The number of alkyl halides is 1. The summed E-state index contributed by atoms with van der Waals surface area (Å²) in [5, 5.41) is 3.40. The molecule has 0 aliphatic heterocycles. The second-order valence-electron chi connectivity index (χ2n) is 6.97. The summed E-state index contributed by atoms with van der Waals surface area (Å²) in [6, 6.07) is 12.4. The third-order valence-corrected chi connectivity index (χ3v) is 4.76. The zero-order valence-electron chi connectivity index (χ0n) is 15.6. The molecule has 2 rings (SSSR count). The molecule has 2 nitrogen and oxygen atoms in total. The third kappa shape index (κ3) is 6.89. The van der Waals surface area contributed by atoms with Crippen molar-refractivity contribution in [3.63, 3.8) is 0 Å². The molecule has 3 heteroatoms. The molecule has 0 amide bonds. The first-order chi connectivity index (χ1) is 12.2. The van der Waals surface area contributed by atoms with E-state index in [4.69, 9.17) is 9.47 Å². The number of hydrogen-bond acceptors (Lipinski definition) is 2. The lowest BCUT2D eigenvalue weighted by molar-refractivity contribution is 0.273. The maximum Gasteiger partial charge on any atom is 0.127 e. The van der Waals surface area contributed by atoms with Crippen LogP contribution >= 0.6 is 15.9 Å². The molecule has 0 unspecified atom stereocenters. The Kier molecular flexibility index (Phi) is 9.17. The fourth-order valence-electron chi connectivity index (χ4n) is 2.84. The minimum atomic E-state index is 0.518. The van der Waals surface area contributed by atoms with Crippen molar-refractivity contribution >= 4 is 26.7 Å². The number of benzene rings is 2. The molecule has 0 bridgehead atoms. The molecular weight excluding hydrogens is 376 g/mol. The predicted octanol–water partition coefficient (Wildman–Crippen LogP) is 6.99. The highest BCUT2D eigenvalue weighted by atomic mass is 79.9. The molecule has 138 valence electrons. The van der Waals surface area contributed by atoms with Crippen molar-refractivity contribution in [2.24, 2.45) is 5.92 Å². The molecule has 0 N–H and O–H groups in total. The number of unbranched alkanes of at least 4 members (excludes halogenated alkanes) is 5. The van der Waals surface area contributed by atoms with Crippen LogP contribution in [0.15, 0.2) is 36.4 Å². The van der Waals surface area contributed by atoms with Crippen molar-refractivity contribution in [3.8, 4) is 11.5 Å². The molecule has 0 aromatic heterocycles. The monoisotopic (exact) mass is 406 g/mol. The summed E-state index contributed by atoms with van der Waals surface area (Å²) < 4.78 is 12.0. The Labute approximate surface area is 161 Å². The second kappa shape index (κ2) is 11.4. The van der Waals surface area contributed by atoms with Gasteiger partial charge in [0.1, 0.15) is 11.5 Å². The van der Waals surface area contributed by atoms with Crippen molar-refractivity contribution in [2.45, 2.75) is 52.4 Å². The van der Waals surface area contributed by atoms with Gasteiger partial charge in [0, 0.05) is 16.1 Å². The first-order valence-electron chi connectivity index (χ1n) is 9.55. The molecule has 0 saturated heterocycles. The minimum absolute atomic E-state index is 0.518. The van der Waals surface area contributed by atoms with Crippen LogP contribution in [0.5, 0.6) is 11.5 Å². The van der Waals surface area contributed by atoms with Gasteiger partial charge >= 0.3 is 0 Å². The van der Waals surface area contributed by atoms with E-state index in [0.29, 0.717) is 5.92 Å². The molecule has 0 atom stereocenters. The van der Waals surface area contributed by atoms with E-state index in [9.17, 15) is 0 Å². The molecule has 0 spiro atoms. The van der Waals surface area contributed by atoms with E-state index in [2.05, 4.69) is 54.0 Å². The van der Waals surface area contributed by atoms with Gasteiger partial charge in [0.25, 0.3) is 0 Å². The van der Waals surface area contributed by atoms with Crippen LogP contribution in [0.4, 0.5) is 0 Å². The molecule has 2 aromatic rings. The van der Waals surface area contributed by atoms with E-state index in [1.54, 1.807) is 0 Å². The fraction of sp³-hybridized carbons (Fsp3) is 0.545. The molecule has 0 aliphatic rings. The van der Waals surface area contributed by atoms with Crippen LogP contribution in [-0.2, 0) is 0 Å². The average Bonchev–Trinajstić information content (AvgIpc) is 2.62. The Morgan fingerprint density at radius 1 is 0.760 bits per heavy atom. The molecule has 25 heavy (non-hydrogen) atoms. The Bertz CT molecular complexity index is 624. The predicted molar refractivity (Wildman–Crippen MR) is 111 cm³/mol. The van der Waals surface area contributed by atoms with Crippen LogP contribution in [0.1, 0.15) is 52.4 Å². The minimum Gasteiger partial charge on any atom is -0.493 e. The lowest BCUT2D eigenvalue weighted by Crippen LogP contribution is -2.05. The maximum absolute atomic E-state index is 6.06. The number of rotatable bonds is 12. The summed E-state index contributed by atoms with van der Waals surface area (Å²) in [4.78, 5) is 0. The van der Waals surface area contributed by atoms with Crippen LogP contribution in [0.3, 0.4) is 0 Å². The summed E-state index contributed by atoms with van der Waals surface area (Å²) in [5.41, 5.74) is 0. The van der Waals surface area contributed by atoms with E-state index in [0.717, 1.165) is 47.2 Å². The highest BCUT2D eigenvalue weighted by Gasteiger charge is 2.08. The lowest BCUT2D eigenvalue weighted by atomic mass is 10.1. The van der Waals surface area contributed by atoms with Crippen LogP contribution in [-0.4, -0.2) is 18.5 Å². The van der Waals surface area contributed by atoms with Crippen LogP contribution in [0.25, 0.3) is 10.8 Å². The first-order valence-corrected chi connectivity index (χ1v) is 10.7. The SMILES string of the molecule is CC(C)COc1ccc(OCCCCCCCCBr)c2ccccc12. The van der Waals surface area contributed by atoms with Gasteiger partial charge in [-0.3, -0.25) is 0 Å². The Balaban J connectivity index is 1.88. The number of fused-ring (bicyclic) bond motifs is 1. The normalized spacial score (nSPS) is 11.2. The van der Waals surface area contributed by atoms with Crippen molar-refractivity contribution < 1.29 is 9.47 Å². The van der Waals surface area contributed by atoms with Crippen molar-refractivity contribution in [3.05, 3.63) is 36.4 Å². The molecule has 0 heterocycles. The van der Waals surface area contributed by atoms with Gasteiger partial charge in [0.05, 0.1) is 13.2 Å². The van der Waals surface area contributed by atoms with Gasteiger partial charge in [-0.25, -0.2) is 0 Å². The number of ether oxygens (including phenoxy) is 2. The van der Waals surface area contributed by atoms with E-state index in [-0.39, 0.29) is 0 Å². The van der Waals surface area contributed by atoms with E-state index >= 15 is 0 Å². The van der Waals surface area contributed by atoms with Crippen molar-refractivity contribution in [1.82, 2.24) is 0 Å². The van der Waals surface area contributed by atoms with Gasteiger partial charge in [-0.2, -0.15) is 0 Å². The molecule has 0 aliphatic carbocycles. The Morgan fingerprint density at radius 2 is 1.32 bits per heavy atom. The second-order valence-corrected chi connectivity index (χ2v) is 7.76. The van der Waals surface area contributed by atoms with Crippen LogP contribution in [0.2, 0.25) is 0 Å².